The minimum absolute atomic E-state index is 0.0856. The fourth-order valence-electron chi connectivity index (χ4n) is 1.29. The highest BCUT2D eigenvalue weighted by atomic mass is 16.6. The summed E-state index contributed by atoms with van der Waals surface area (Å²) in [4.78, 5) is 11.3. The van der Waals surface area contributed by atoms with E-state index in [1.165, 1.54) is 5.56 Å². The van der Waals surface area contributed by atoms with Crippen molar-refractivity contribution in [3.63, 3.8) is 0 Å². The minimum atomic E-state index is -0.410. The molecule has 1 rings (SSSR count). The Morgan fingerprint density at radius 1 is 1.12 bits per heavy atom. The second kappa shape index (κ2) is 5.54. The number of carbonyl (C=O) groups is 1. The normalized spacial score (nSPS) is 10.6. The van der Waals surface area contributed by atoms with E-state index in [0.717, 1.165) is 0 Å². The van der Waals surface area contributed by atoms with Crippen LogP contribution < -0.4 is 10.1 Å². The van der Waals surface area contributed by atoms with Crippen molar-refractivity contribution in [1.82, 2.24) is 5.32 Å². The number of ether oxygens (including phenoxy) is 1. The van der Waals surface area contributed by atoms with Crippen LogP contribution in [-0.4, -0.2) is 12.1 Å². The molecule has 0 heterocycles. The van der Waals surface area contributed by atoms with Gasteiger partial charge in [0.05, 0.1) is 0 Å². The molecule has 1 amide bonds. The summed E-state index contributed by atoms with van der Waals surface area (Å²) in [7, 11) is 0. The number of rotatable bonds is 3. The molecular weight excluding hydrogens is 202 g/mol. The molecule has 0 saturated heterocycles. The van der Waals surface area contributed by atoms with Gasteiger partial charge in [-0.05, 0) is 37.5 Å². The van der Waals surface area contributed by atoms with Gasteiger partial charge in [-0.2, -0.15) is 0 Å². The number of carbonyl (C=O) groups excluding carboxylic acids is 1. The smallest absolute Gasteiger partial charge is 0.410 e. The van der Waals surface area contributed by atoms with Crippen molar-refractivity contribution in [2.24, 2.45) is 0 Å². The SMILES string of the molecule is CC(C)NC(=O)Oc1ccc(C(C)C)cc1. The molecule has 1 aromatic rings. The Balaban J connectivity index is 2.58. The third-order valence-corrected chi connectivity index (χ3v) is 2.16. The Hall–Kier alpha value is -1.51. The van der Waals surface area contributed by atoms with E-state index in [9.17, 15) is 4.79 Å². The molecule has 0 radical (unpaired) electrons. The maximum atomic E-state index is 11.3. The highest BCUT2D eigenvalue weighted by molar-refractivity contribution is 5.70. The highest BCUT2D eigenvalue weighted by Gasteiger charge is 2.06. The Kier molecular flexibility index (Phi) is 4.35. The van der Waals surface area contributed by atoms with Crippen molar-refractivity contribution in [2.75, 3.05) is 0 Å². The molecule has 0 aliphatic rings. The van der Waals surface area contributed by atoms with E-state index in [4.69, 9.17) is 4.74 Å². The number of hydrogen-bond acceptors (Lipinski definition) is 2. The molecule has 16 heavy (non-hydrogen) atoms. The lowest BCUT2D eigenvalue weighted by molar-refractivity contribution is 0.197. The fourth-order valence-corrected chi connectivity index (χ4v) is 1.29. The van der Waals surface area contributed by atoms with Gasteiger partial charge in [0, 0.05) is 6.04 Å². The zero-order valence-electron chi connectivity index (χ0n) is 10.3. The topological polar surface area (TPSA) is 38.3 Å². The van der Waals surface area contributed by atoms with Crippen LogP contribution in [0.25, 0.3) is 0 Å². The molecule has 0 aliphatic carbocycles. The van der Waals surface area contributed by atoms with E-state index in [-0.39, 0.29) is 6.04 Å². The number of hydrogen-bond donors (Lipinski definition) is 1. The van der Waals surface area contributed by atoms with Crippen LogP contribution in [0.15, 0.2) is 24.3 Å². The van der Waals surface area contributed by atoms with Crippen LogP contribution in [0.3, 0.4) is 0 Å². The summed E-state index contributed by atoms with van der Waals surface area (Å²) in [6, 6.07) is 7.66. The number of nitrogens with one attached hydrogen (secondary N) is 1. The maximum Gasteiger partial charge on any atom is 0.412 e. The second-order valence-electron chi connectivity index (χ2n) is 4.41. The van der Waals surface area contributed by atoms with E-state index < -0.39 is 6.09 Å². The molecule has 0 saturated carbocycles. The largest absolute Gasteiger partial charge is 0.412 e. The van der Waals surface area contributed by atoms with Crippen LogP contribution >= 0.6 is 0 Å². The average molecular weight is 221 g/mol. The van der Waals surface area contributed by atoms with Gasteiger partial charge < -0.3 is 10.1 Å². The first-order valence-electron chi connectivity index (χ1n) is 5.57. The third-order valence-electron chi connectivity index (χ3n) is 2.16. The predicted octanol–water partition coefficient (Wildman–Crippen LogP) is 3.31. The van der Waals surface area contributed by atoms with Gasteiger partial charge in [-0.15, -0.1) is 0 Å². The third kappa shape index (κ3) is 3.93. The zero-order chi connectivity index (χ0) is 12.1. The summed E-state index contributed by atoms with van der Waals surface area (Å²) >= 11 is 0. The van der Waals surface area contributed by atoms with Crippen LogP contribution in [0, 0.1) is 0 Å². The molecule has 0 fully saturated rings. The van der Waals surface area contributed by atoms with E-state index in [1.807, 2.05) is 38.1 Å². The van der Waals surface area contributed by atoms with Gasteiger partial charge in [-0.25, -0.2) is 4.79 Å². The molecule has 0 aromatic heterocycles. The van der Waals surface area contributed by atoms with Crippen LogP contribution in [-0.2, 0) is 0 Å². The molecule has 1 N–H and O–H groups in total. The van der Waals surface area contributed by atoms with Crippen LogP contribution in [0.2, 0.25) is 0 Å². The molecule has 0 unspecified atom stereocenters. The average Bonchev–Trinajstić information content (AvgIpc) is 2.16. The van der Waals surface area contributed by atoms with Crippen LogP contribution in [0.4, 0.5) is 4.79 Å². The lowest BCUT2D eigenvalue weighted by Gasteiger charge is -2.10. The van der Waals surface area contributed by atoms with Gasteiger partial charge in [0.15, 0.2) is 0 Å². The molecule has 0 aliphatic heterocycles. The van der Waals surface area contributed by atoms with Crippen LogP contribution in [0.5, 0.6) is 5.75 Å². The second-order valence-corrected chi connectivity index (χ2v) is 4.41. The molecular formula is C13H19NO2. The Labute approximate surface area is 96.8 Å². The van der Waals surface area contributed by atoms with E-state index in [2.05, 4.69) is 19.2 Å². The lowest BCUT2D eigenvalue weighted by atomic mass is 10.0. The van der Waals surface area contributed by atoms with E-state index in [1.54, 1.807) is 0 Å². The summed E-state index contributed by atoms with van der Waals surface area (Å²) in [5, 5.41) is 2.67. The van der Waals surface area contributed by atoms with Gasteiger partial charge in [0.25, 0.3) is 0 Å². The molecule has 0 atom stereocenters. The van der Waals surface area contributed by atoms with Gasteiger partial charge >= 0.3 is 6.09 Å². The first-order chi connectivity index (χ1) is 7.49. The quantitative estimate of drug-likeness (QED) is 0.850. The monoisotopic (exact) mass is 221 g/mol. The maximum absolute atomic E-state index is 11.3. The summed E-state index contributed by atoms with van der Waals surface area (Å²) in [6.45, 7) is 8.04. The predicted molar refractivity (Wildman–Crippen MR) is 64.8 cm³/mol. The zero-order valence-corrected chi connectivity index (χ0v) is 10.3. The van der Waals surface area contributed by atoms with Crippen molar-refractivity contribution < 1.29 is 9.53 Å². The van der Waals surface area contributed by atoms with E-state index >= 15 is 0 Å². The van der Waals surface area contributed by atoms with Gasteiger partial charge in [0.2, 0.25) is 0 Å². The summed E-state index contributed by atoms with van der Waals surface area (Å²) < 4.78 is 5.11. The van der Waals surface area contributed by atoms with Crippen molar-refractivity contribution in [3.8, 4) is 5.75 Å². The number of amides is 1. The van der Waals surface area contributed by atoms with Crippen molar-refractivity contribution in [1.29, 1.82) is 0 Å². The van der Waals surface area contributed by atoms with E-state index in [0.29, 0.717) is 11.7 Å². The Morgan fingerprint density at radius 3 is 2.12 bits per heavy atom. The summed E-state index contributed by atoms with van der Waals surface area (Å²) in [5.74, 6) is 1.06. The standard InChI is InChI=1S/C13H19NO2/c1-9(2)11-5-7-12(8-6-11)16-13(15)14-10(3)4/h5-10H,1-4H3,(H,14,15). The number of benzene rings is 1. The van der Waals surface area contributed by atoms with Crippen LogP contribution in [0.1, 0.15) is 39.2 Å². The Morgan fingerprint density at radius 2 is 1.69 bits per heavy atom. The molecule has 1 aromatic carbocycles. The first-order valence-corrected chi connectivity index (χ1v) is 5.57. The van der Waals surface area contributed by atoms with Gasteiger partial charge in [-0.3, -0.25) is 0 Å². The molecule has 3 nitrogen and oxygen atoms in total. The first kappa shape index (κ1) is 12.6. The van der Waals surface area contributed by atoms with Crippen molar-refractivity contribution >= 4 is 6.09 Å². The van der Waals surface area contributed by atoms with Gasteiger partial charge in [0.1, 0.15) is 5.75 Å². The Bertz CT molecular complexity index is 341. The highest BCUT2D eigenvalue weighted by Crippen LogP contribution is 2.18. The molecule has 3 heteroatoms. The van der Waals surface area contributed by atoms with Gasteiger partial charge in [-0.1, -0.05) is 26.0 Å². The summed E-state index contributed by atoms with van der Waals surface area (Å²) in [6.07, 6.45) is -0.410. The molecule has 0 bridgehead atoms. The fraction of sp³-hybridized carbons (Fsp3) is 0.462. The van der Waals surface area contributed by atoms with Crippen molar-refractivity contribution in [2.45, 2.75) is 39.7 Å². The molecule has 0 spiro atoms. The lowest BCUT2D eigenvalue weighted by Crippen LogP contribution is -2.32. The summed E-state index contributed by atoms with van der Waals surface area (Å²) in [5.41, 5.74) is 1.23. The minimum Gasteiger partial charge on any atom is -0.410 e. The molecule has 88 valence electrons. The van der Waals surface area contributed by atoms with Crippen molar-refractivity contribution in [3.05, 3.63) is 29.8 Å².